The van der Waals surface area contributed by atoms with Gasteiger partial charge in [0, 0.05) is 37.1 Å². The van der Waals surface area contributed by atoms with Crippen LogP contribution in [0.4, 0.5) is 11.4 Å². The van der Waals surface area contributed by atoms with E-state index in [1.54, 1.807) is 49.5 Å². The summed E-state index contributed by atoms with van der Waals surface area (Å²) in [5, 5.41) is 26.5. The first-order valence-corrected chi connectivity index (χ1v) is 10.5. The zero-order chi connectivity index (χ0) is 23.5. The van der Waals surface area contributed by atoms with E-state index in [2.05, 4.69) is 16.0 Å². The van der Waals surface area contributed by atoms with Crippen LogP contribution in [0.25, 0.3) is 0 Å². The monoisotopic (exact) mass is 451 g/mol. The third-order valence-electron chi connectivity index (χ3n) is 5.64. The molecular weight excluding hydrogens is 426 g/mol. The van der Waals surface area contributed by atoms with Crippen molar-refractivity contribution in [2.24, 2.45) is 0 Å². The highest BCUT2D eigenvalue weighted by Gasteiger charge is 2.39. The molecule has 2 aliphatic rings. The minimum Gasteiger partial charge on any atom is -0.380 e. The number of nitrogens with one attached hydrogen (secondary N) is 4. The SMILES string of the molecule is CNC(=O)Cc1cccc(N2CCO[C@H]([C@@H](O)C(=O)Nc3ccc4c(c3)CNC4=N)C2=O)c1. The van der Waals surface area contributed by atoms with E-state index in [0.717, 1.165) is 16.7 Å². The Morgan fingerprint density at radius 1 is 1.30 bits per heavy atom. The largest absolute Gasteiger partial charge is 0.380 e. The van der Waals surface area contributed by atoms with Crippen molar-refractivity contribution in [3.63, 3.8) is 0 Å². The number of aliphatic hydroxyl groups is 1. The summed E-state index contributed by atoms with van der Waals surface area (Å²) in [7, 11) is 1.56. The van der Waals surface area contributed by atoms with Crippen molar-refractivity contribution in [2.75, 3.05) is 30.4 Å². The van der Waals surface area contributed by atoms with Gasteiger partial charge in [-0.25, -0.2) is 0 Å². The zero-order valence-electron chi connectivity index (χ0n) is 18.1. The Hall–Kier alpha value is -3.76. The first-order chi connectivity index (χ1) is 15.9. The van der Waals surface area contributed by atoms with E-state index in [0.29, 0.717) is 23.8 Å². The molecule has 2 aromatic rings. The molecular formula is C23H25N5O5. The van der Waals surface area contributed by atoms with Crippen LogP contribution >= 0.6 is 0 Å². The Morgan fingerprint density at radius 2 is 2.12 bits per heavy atom. The van der Waals surface area contributed by atoms with E-state index in [1.807, 2.05) is 0 Å². The Labute approximate surface area is 190 Å². The van der Waals surface area contributed by atoms with Crippen LogP contribution in [-0.4, -0.2) is 61.1 Å². The Bertz CT molecular complexity index is 1120. The molecule has 0 spiro atoms. The lowest BCUT2D eigenvalue weighted by Crippen LogP contribution is -2.55. The lowest BCUT2D eigenvalue weighted by atomic mass is 10.1. The topological polar surface area (TPSA) is 144 Å². The second-order valence-electron chi connectivity index (χ2n) is 7.84. The molecule has 2 heterocycles. The van der Waals surface area contributed by atoms with Gasteiger partial charge in [0.25, 0.3) is 11.8 Å². The maximum atomic E-state index is 13.1. The van der Waals surface area contributed by atoms with E-state index in [4.69, 9.17) is 10.1 Å². The van der Waals surface area contributed by atoms with Crippen molar-refractivity contribution in [1.82, 2.24) is 10.6 Å². The van der Waals surface area contributed by atoms with Gasteiger partial charge in [-0.3, -0.25) is 19.8 Å². The van der Waals surface area contributed by atoms with Crippen LogP contribution in [-0.2, 0) is 32.1 Å². The summed E-state index contributed by atoms with van der Waals surface area (Å²) in [4.78, 5) is 38.8. The predicted octanol–water partition coefficient (Wildman–Crippen LogP) is 0.135. The van der Waals surface area contributed by atoms with Gasteiger partial charge >= 0.3 is 0 Å². The Balaban J connectivity index is 1.45. The molecule has 2 aromatic carbocycles. The summed E-state index contributed by atoms with van der Waals surface area (Å²) >= 11 is 0. The Morgan fingerprint density at radius 3 is 2.91 bits per heavy atom. The summed E-state index contributed by atoms with van der Waals surface area (Å²) < 4.78 is 5.46. The van der Waals surface area contributed by atoms with Crippen LogP contribution in [0.3, 0.4) is 0 Å². The quantitative estimate of drug-likeness (QED) is 0.423. The fraction of sp³-hybridized carbons (Fsp3) is 0.304. The molecule has 33 heavy (non-hydrogen) atoms. The average molecular weight is 451 g/mol. The molecule has 0 aliphatic carbocycles. The van der Waals surface area contributed by atoms with Crippen LogP contribution in [0, 0.1) is 5.41 Å². The molecule has 10 heteroatoms. The molecule has 1 saturated heterocycles. The summed E-state index contributed by atoms with van der Waals surface area (Å²) in [6, 6.07) is 12.1. The normalized spacial score (nSPS) is 18.4. The number of nitrogens with zero attached hydrogens (tertiary/aromatic N) is 1. The molecule has 5 N–H and O–H groups in total. The molecule has 172 valence electrons. The van der Waals surface area contributed by atoms with Crippen LogP contribution in [0.1, 0.15) is 16.7 Å². The third-order valence-corrected chi connectivity index (χ3v) is 5.64. The number of amides is 3. The lowest BCUT2D eigenvalue weighted by molar-refractivity contribution is -0.150. The number of fused-ring (bicyclic) bond motifs is 1. The van der Waals surface area contributed by atoms with Crippen LogP contribution in [0.5, 0.6) is 0 Å². The summed E-state index contributed by atoms with van der Waals surface area (Å²) in [6.45, 7) is 0.891. The number of rotatable bonds is 6. The number of likely N-dealkylation sites (N-methyl/N-ethyl adjacent to an activating group) is 1. The van der Waals surface area contributed by atoms with E-state index in [-0.39, 0.29) is 25.5 Å². The van der Waals surface area contributed by atoms with E-state index in [1.165, 1.54) is 4.90 Å². The van der Waals surface area contributed by atoms with Gasteiger partial charge < -0.3 is 30.7 Å². The minimum atomic E-state index is -1.71. The fourth-order valence-corrected chi connectivity index (χ4v) is 3.89. The number of hydrogen-bond donors (Lipinski definition) is 5. The van der Waals surface area contributed by atoms with E-state index >= 15 is 0 Å². The smallest absolute Gasteiger partial charge is 0.259 e. The molecule has 1 fully saturated rings. The van der Waals surface area contributed by atoms with E-state index < -0.39 is 24.0 Å². The minimum absolute atomic E-state index is 0.146. The van der Waals surface area contributed by atoms with Gasteiger partial charge in [-0.2, -0.15) is 0 Å². The molecule has 3 amide bonds. The number of anilines is 2. The molecule has 4 rings (SSSR count). The van der Waals surface area contributed by atoms with Gasteiger partial charge in [0.1, 0.15) is 5.84 Å². The summed E-state index contributed by atoms with van der Waals surface area (Å²) in [5.74, 6) is -1.12. The first kappa shape index (κ1) is 22.4. The number of carbonyl (C=O) groups excluding carboxylic acids is 3. The second-order valence-corrected chi connectivity index (χ2v) is 7.84. The number of morpholine rings is 1. The number of benzene rings is 2. The van der Waals surface area contributed by atoms with Gasteiger partial charge in [0.2, 0.25) is 5.91 Å². The van der Waals surface area contributed by atoms with Gasteiger partial charge in [-0.05, 0) is 41.5 Å². The standard InChI is InChI=1S/C23H25N5O5/c1-25-18(29)10-13-3-2-4-16(9-13)28-7-8-33-20(23(28)32)19(30)22(31)27-15-5-6-17-14(11-15)12-26-21(17)24/h2-6,9,11,19-20,30H,7-8,10,12H2,1H3,(H2,24,26)(H,25,29)(H,27,31)/t19-,20-/m1/s1. The number of hydrogen-bond acceptors (Lipinski definition) is 6. The molecule has 0 unspecified atom stereocenters. The average Bonchev–Trinajstić information content (AvgIpc) is 3.18. The van der Waals surface area contributed by atoms with Crippen molar-refractivity contribution < 1.29 is 24.2 Å². The molecule has 10 nitrogen and oxygen atoms in total. The molecule has 0 radical (unpaired) electrons. The number of carbonyl (C=O) groups is 3. The van der Waals surface area contributed by atoms with Crippen molar-refractivity contribution in [2.45, 2.75) is 25.2 Å². The third kappa shape index (κ3) is 4.71. The zero-order valence-corrected chi connectivity index (χ0v) is 18.1. The van der Waals surface area contributed by atoms with Crippen LogP contribution in [0.15, 0.2) is 42.5 Å². The molecule has 2 aliphatic heterocycles. The van der Waals surface area contributed by atoms with Gasteiger partial charge in [-0.1, -0.05) is 12.1 Å². The van der Waals surface area contributed by atoms with Crippen molar-refractivity contribution >= 4 is 34.9 Å². The van der Waals surface area contributed by atoms with Crippen LogP contribution < -0.4 is 20.9 Å². The lowest BCUT2D eigenvalue weighted by Gasteiger charge is -2.34. The number of amidine groups is 1. The number of aliphatic hydroxyl groups excluding tert-OH is 1. The highest BCUT2D eigenvalue weighted by molar-refractivity contribution is 6.04. The van der Waals surface area contributed by atoms with Crippen molar-refractivity contribution in [1.29, 1.82) is 5.41 Å². The van der Waals surface area contributed by atoms with Gasteiger partial charge in [0.05, 0.1) is 13.0 Å². The highest BCUT2D eigenvalue weighted by atomic mass is 16.5. The maximum Gasteiger partial charge on any atom is 0.259 e. The van der Waals surface area contributed by atoms with Gasteiger partial charge in [-0.15, -0.1) is 0 Å². The van der Waals surface area contributed by atoms with Crippen LogP contribution in [0.2, 0.25) is 0 Å². The maximum absolute atomic E-state index is 13.1. The summed E-state index contributed by atoms with van der Waals surface area (Å²) in [5.41, 5.74) is 3.38. The second kappa shape index (κ2) is 9.39. The molecule has 0 saturated carbocycles. The van der Waals surface area contributed by atoms with Crippen molar-refractivity contribution in [3.05, 3.63) is 59.2 Å². The fourth-order valence-electron chi connectivity index (χ4n) is 3.89. The number of ether oxygens (including phenoxy) is 1. The molecule has 2 atom stereocenters. The molecule has 0 bridgehead atoms. The first-order valence-electron chi connectivity index (χ1n) is 10.5. The van der Waals surface area contributed by atoms with Crippen molar-refractivity contribution in [3.8, 4) is 0 Å². The highest BCUT2D eigenvalue weighted by Crippen LogP contribution is 2.23. The predicted molar refractivity (Wildman–Crippen MR) is 121 cm³/mol. The van der Waals surface area contributed by atoms with Gasteiger partial charge in [0.15, 0.2) is 12.2 Å². The summed E-state index contributed by atoms with van der Waals surface area (Å²) in [6.07, 6.45) is -2.89. The van der Waals surface area contributed by atoms with E-state index in [9.17, 15) is 19.5 Å². The Kier molecular flexibility index (Phi) is 6.38. The molecule has 0 aromatic heterocycles.